The summed E-state index contributed by atoms with van der Waals surface area (Å²) in [5.74, 6) is -1.20. The summed E-state index contributed by atoms with van der Waals surface area (Å²) >= 11 is 1.41. The van der Waals surface area contributed by atoms with Crippen LogP contribution in [-0.4, -0.2) is 36.7 Å². The number of carbonyl (C=O) groups excluding carboxylic acids is 1. The summed E-state index contributed by atoms with van der Waals surface area (Å²) in [7, 11) is -0.852. The Bertz CT molecular complexity index is 471. The van der Waals surface area contributed by atoms with Gasteiger partial charge in [0.05, 0.1) is 6.42 Å². The summed E-state index contributed by atoms with van der Waals surface area (Å²) in [5, 5.41) is 8.64. The molecule has 2 rings (SSSR count). The molecule has 0 radical (unpaired) electrons. The third-order valence-corrected chi connectivity index (χ3v) is 6.18. The lowest BCUT2D eigenvalue weighted by Gasteiger charge is -2.47. The van der Waals surface area contributed by atoms with Crippen molar-refractivity contribution in [2.75, 3.05) is 0 Å². The van der Waals surface area contributed by atoms with Crippen molar-refractivity contribution in [2.24, 2.45) is 0 Å². The van der Waals surface area contributed by atoms with Crippen LogP contribution in [0.25, 0.3) is 0 Å². The highest BCUT2D eigenvalue weighted by molar-refractivity contribution is 8.04. The first-order valence-corrected chi connectivity index (χ1v) is 8.43. The molecule has 2 heterocycles. The first-order valence-electron chi connectivity index (χ1n) is 6.33. The van der Waals surface area contributed by atoms with Crippen LogP contribution in [-0.2, 0) is 14.0 Å². The Labute approximate surface area is 119 Å². The summed E-state index contributed by atoms with van der Waals surface area (Å²) in [6, 6.07) is 0. The Morgan fingerprint density at radius 3 is 2.63 bits per heavy atom. The normalized spacial score (nSPS) is 27.2. The SMILES string of the molecule is CCC1=C(C(=O)O)N2C(=O)C[C@@]2(O[SiH2]C(C)(C)C)S1. The molecule has 0 aliphatic carbocycles. The fraction of sp³-hybridized carbons (Fsp3) is 0.667. The molecule has 0 spiro atoms. The van der Waals surface area contributed by atoms with Crippen molar-refractivity contribution in [1.29, 1.82) is 0 Å². The molecule has 0 saturated carbocycles. The van der Waals surface area contributed by atoms with Crippen molar-refractivity contribution in [2.45, 2.75) is 50.6 Å². The molecule has 0 bridgehead atoms. The number of thioether (sulfide) groups is 1. The van der Waals surface area contributed by atoms with Gasteiger partial charge in [-0.25, -0.2) is 4.79 Å². The molecule has 0 aromatic rings. The van der Waals surface area contributed by atoms with Gasteiger partial charge in [-0.2, -0.15) is 0 Å². The average Bonchev–Trinajstić information content (AvgIpc) is 2.54. The van der Waals surface area contributed by atoms with Crippen LogP contribution in [0.1, 0.15) is 40.5 Å². The van der Waals surface area contributed by atoms with Crippen LogP contribution >= 0.6 is 11.8 Å². The van der Waals surface area contributed by atoms with Crippen LogP contribution < -0.4 is 0 Å². The van der Waals surface area contributed by atoms with E-state index in [2.05, 4.69) is 20.8 Å². The van der Waals surface area contributed by atoms with Gasteiger partial charge in [-0.1, -0.05) is 39.5 Å². The molecule has 19 heavy (non-hydrogen) atoms. The first kappa shape index (κ1) is 14.6. The molecular weight excluding hydrogens is 282 g/mol. The molecule has 0 aromatic heterocycles. The van der Waals surface area contributed by atoms with Gasteiger partial charge in [0, 0.05) is 4.91 Å². The number of allylic oxidation sites excluding steroid dienone is 1. The minimum absolute atomic E-state index is 0.109. The van der Waals surface area contributed by atoms with Crippen molar-refractivity contribution in [3.63, 3.8) is 0 Å². The van der Waals surface area contributed by atoms with Gasteiger partial charge in [-0.3, -0.25) is 9.69 Å². The zero-order valence-corrected chi connectivity index (χ0v) is 13.9. The summed E-state index contributed by atoms with van der Waals surface area (Å²) in [5.41, 5.74) is 0.117. The number of fused-ring (bicyclic) bond motifs is 1. The second-order valence-corrected chi connectivity index (χ2v) is 10.0. The van der Waals surface area contributed by atoms with E-state index in [0.29, 0.717) is 6.42 Å². The van der Waals surface area contributed by atoms with E-state index < -0.39 is 20.8 Å². The largest absolute Gasteiger partial charge is 0.477 e. The van der Waals surface area contributed by atoms with Gasteiger partial charge in [0.25, 0.3) is 0 Å². The highest BCUT2D eigenvalue weighted by Gasteiger charge is 2.61. The maximum absolute atomic E-state index is 11.8. The molecular formula is C12H19NO4SSi. The quantitative estimate of drug-likeness (QED) is 0.631. The first-order chi connectivity index (χ1) is 8.70. The molecule has 1 saturated heterocycles. The number of aliphatic carboxylic acids is 1. The van der Waals surface area contributed by atoms with Gasteiger partial charge in [0.1, 0.15) is 5.70 Å². The van der Waals surface area contributed by atoms with E-state index in [1.165, 1.54) is 16.7 Å². The zero-order valence-electron chi connectivity index (χ0n) is 11.6. The molecule has 5 nitrogen and oxygen atoms in total. The number of hydrogen-bond acceptors (Lipinski definition) is 4. The summed E-state index contributed by atoms with van der Waals surface area (Å²) in [6.45, 7) is 8.21. The molecule has 1 atom stereocenters. The molecule has 0 unspecified atom stereocenters. The van der Waals surface area contributed by atoms with Gasteiger partial charge in [0.2, 0.25) is 5.91 Å². The fourth-order valence-corrected chi connectivity index (χ4v) is 4.71. The van der Waals surface area contributed by atoms with Gasteiger partial charge in [-0.15, -0.1) is 0 Å². The molecule has 2 aliphatic rings. The summed E-state index contributed by atoms with van der Waals surface area (Å²) in [6.07, 6.45) is 0.888. The second-order valence-electron chi connectivity index (χ2n) is 6.00. The Balaban J connectivity index is 2.23. The number of hydrogen-bond donors (Lipinski definition) is 1. The van der Waals surface area contributed by atoms with Crippen molar-refractivity contribution in [3.05, 3.63) is 10.6 Å². The second kappa shape index (κ2) is 4.64. The predicted molar refractivity (Wildman–Crippen MR) is 76.1 cm³/mol. The van der Waals surface area contributed by atoms with Gasteiger partial charge >= 0.3 is 5.97 Å². The van der Waals surface area contributed by atoms with Crippen LogP contribution in [0.4, 0.5) is 0 Å². The van der Waals surface area contributed by atoms with Crippen molar-refractivity contribution < 1.29 is 19.1 Å². The molecule has 106 valence electrons. The van der Waals surface area contributed by atoms with Crippen LogP contribution in [0.5, 0.6) is 0 Å². The maximum atomic E-state index is 11.8. The van der Waals surface area contributed by atoms with Crippen LogP contribution in [0, 0.1) is 0 Å². The Hall–Kier alpha value is -0.793. The molecule has 2 aliphatic heterocycles. The highest BCUT2D eigenvalue weighted by Crippen LogP contribution is 2.56. The van der Waals surface area contributed by atoms with E-state index in [1.54, 1.807) is 0 Å². The number of nitrogens with zero attached hydrogens (tertiary/aromatic N) is 1. The van der Waals surface area contributed by atoms with E-state index in [4.69, 9.17) is 4.43 Å². The number of amides is 1. The van der Waals surface area contributed by atoms with E-state index in [0.717, 1.165) is 4.91 Å². The zero-order chi connectivity index (χ0) is 14.4. The number of β-lactam (4-membered cyclic amide) rings is 1. The molecule has 1 N–H and O–H groups in total. The van der Waals surface area contributed by atoms with Crippen LogP contribution in [0.2, 0.25) is 5.04 Å². The number of rotatable bonds is 4. The lowest BCUT2D eigenvalue weighted by molar-refractivity contribution is -0.165. The predicted octanol–water partition coefficient (Wildman–Crippen LogP) is 1.64. The standard InChI is InChI=1S/C12H19NO4SSi/c1-5-7-9(10(15)16)13-8(14)6-12(13,18-7)17-19-11(2,3)4/h5-6,19H2,1-4H3,(H,15,16)/t12-/m1/s1. The Kier molecular flexibility index (Phi) is 3.57. The minimum atomic E-state index is -1.04. The Morgan fingerprint density at radius 2 is 2.21 bits per heavy atom. The lowest BCUT2D eigenvalue weighted by atomic mass is 10.1. The number of carboxylic acid groups (broad SMARTS) is 1. The third-order valence-electron chi connectivity index (χ3n) is 2.99. The molecule has 7 heteroatoms. The van der Waals surface area contributed by atoms with E-state index in [9.17, 15) is 14.7 Å². The summed E-state index contributed by atoms with van der Waals surface area (Å²) in [4.78, 5) is 25.2. The summed E-state index contributed by atoms with van der Waals surface area (Å²) < 4.78 is 6.04. The minimum Gasteiger partial charge on any atom is -0.477 e. The maximum Gasteiger partial charge on any atom is 0.353 e. The number of carboxylic acids is 1. The van der Waals surface area contributed by atoms with Crippen LogP contribution in [0.15, 0.2) is 10.6 Å². The smallest absolute Gasteiger partial charge is 0.353 e. The van der Waals surface area contributed by atoms with E-state index in [-0.39, 0.29) is 23.1 Å². The highest BCUT2D eigenvalue weighted by atomic mass is 32.2. The van der Waals surface area contributed by atoms with E-state index >= 15 is 0 Å². The number of carbonyl (C=O) groups is 2. The van der Waals surface area contributed by atoms with Crippen LogP contribution in [0.3, 0.4) is 0 Å². The van der Waals surface area contributed by atoms with Gasteiger partial charge < -0.3 is 9.53 Å². The van der Waals surface area contributed by atoms with E-state index in [1.807, 2.05) is 6.92 Å². The lowest BCUT2D eigenvalue weighted by Crippen LogP contribution is -2.61. The topological polar surface area (TPSA) is 66.8 Å². The fourth-order valence-electron chi connectivity index (χ4n) is 2.12. The average molecular weight is 301 g/mol. The Morgan fingerprint density at radius 1 is 1.58 bits per heavy atom. The monoisotopic (exact) mass is 301 g/mol. The molecule has 0 aromatic carbocycles. The van der Waals surface area contributed by atoms with Crippen molar-refractivity contribution in [3.8, 4) is 0 Å². The van der Waals surface area contributed by atoms with Crippen molar-refractivity contribution in [1.82, 2.24) is 4.90 Å². The molecule has 1 amide bonds. The van der Waals surface area contributed by atoms with Gasteiger partial charge in [-0.05, 0) is 11.5 Å². The third kappa shape index (κ3) is 2.46. The van der Waals surface area contributed by atoms with Gasteiger partial charge in [0.15, 0.2) is 14.8 Å². The molecule has 1 fully saturated rings. The van der Waals surface area contributed by atoms with Crippen molar-refractivity contribution >= 4 is 33.4 Å².